The van der Waals surface area contributed by atoms with Crippen molar-refractivity contribution in [3.63, 3.8) is 0 Å². The van der Waals surface area contributed by atoms with Crippen LogP contribution >= 0.6 is 11.3 Å². The van der Waals surface area contributed by atoms with E-state index in [2.05, 4.69) is 30.4 Å². The first-order valence-electron chi connectivity index (χ1n) is 8.56. The van der Waals surface area contributed by atoms with Crippen molar-refractivity contribution in [1.29, 1.82) is 0 Å². The Labute approximate surface area is 159 Å². The van der Waals surface area contributed by atoms with E-state index in [9.17, 15) is 4.79 Å². The first kappa shape index (κ1) is 17.4. The second kappa shape index (κ2) is 7.31. The summed E-state index contributed by atoms with van der Waals surface area (Å²) in [6.45, 7) is 3.08. The highest BCUT2D eigenvalue weighted by Crippen LogP contribution is 2.39. The number of nitrogens with one attached hydrogen (secondary N) is 2. The number of carbonyl (C=O) groups is 1. The molecular weight excluding hydrogens is 366 g/mol. The molecule has 4 heterocycles. The summed E-state index contributed by atoms with van der Waals surface area (Å²) in [7, 11) is 1.57. The number of carbonyl (C=O) groups excluding carboxylic acids is 1. The average Bonchev–Trinajstić information content (AvgIpc) is 3.26. The minimum atomic E-state index is 0.179. The molecule has 0 spiro atoms. The molecule has 3 aromatic rings. The molecule has 0 amide bonds. The van der Waals surface area contributed by atoms with Gasteiger partial charge in [0.1, 0.15) is 11.6 Å². The third-order valence-corrected chi connectivity index (χ3v) is 5.32. The maximum Gasteiger partial charge on any atom is 0.232 e. The minimum Gasteiger partial charge on any atom is -0.481 e. The molecule has 0 aromatic carbocycles. The van der Waals surface area contributed by atoms with Crippen LogP contribution in [0.15, 0.2) is 18.5 Å². The third kappa shape index (κ3) is 3.61. The Hall–Kier alpha value is -3.01. The summed E-state index contributed by atoms with van der Waals surface area (Å²) in [4.78, 5) is 27.9. The quantitative estimate of drug-likeness (QED) is 0.666. The Morgan fingerprint density at radius 3 is 3.15 bits per heavy atom. The van der Waals surface area contributed by atoms with E-state index in [0.717, 1.165) is 40.0 Å². The number of H-pyrrole nitrogens is 1. The van der Waals surface area contributed by atoms with Crippen LogP contribution in [0.5, 0.6) is 5.88 Å². The van der Waals surface area contributed by atoms with Gasteiger partial charge in [-0.05, 0) is 6.92 Å². The number of rotatable bonds is 6. The molecule has 0 atom stereocenters. The SMILES string of the molecule is COc1ccnc(Nc2nc3c(s2)CCN(CCC(C)=O)c2[nH]ncc2-3)n1. The molecule has 1 aliphatic rings. The van der Waals surface area contributed by atoms with Crippen LogP contribution in [-0.4, -0.2) is 51.1 Å². The van der Waals surface area contributed by atoms with Crippen molar-refractivity contribution in [2.45, 2.75) is 19.8 Å². The lowest BCUT2D eigenvalue weighted by Gasteiger charge is -2.21. The Kier molecular flexibility index (Phi) is 4.71. The van der Waals surface area contributed by atoms with E-state index in [1.54, 1.807) is 43.8 Å². The zero-order chi connectivity index (χ0) is 18.8. The van der Waals surface area contributed by atoms with Crippen LogP contribution < -0.4 is 15.0 Å². The number of thiazole rings is 1. The fraction of sp³-hybridized carbons (Fsp3) is 0.353. The van der Waals surface area contributed by atoms with Crippen LogP contribution in [0, 0.1) is 0 Å². The molecule has 0 fully saturated rings. The van der Waals surface area contributed by atoms with E-state index in [-0.39, 0.29) is 5.78 Å². The molecule has 10 heteroatoms. The lowest BCUT2D eigenvalue weighted by atomic mass is 10.2. The largest absolute Gasteiger partial charge is 0.481 e. The first-order chi connectivity index (χ1) is 13.1. The number of nitrogens with zero attached hydrogens (tertiary/aromatic N) is 5. The lowest BCUT2D eigenvalue weighted by molar-refractivity contribution is -0.116. The van der Waals surface area contributed by atoms with Crippen LogP contribution in [-0.2, 0) is 11.2 Å². The van der Waals surface area contributed by atoms with Gasteiger partial charge >= 0.3 is 0 Å². The lowest BCUT2D eigenvalue weighted by Crippen LogP contribution is -2.27. The molecule has 0 unspecified atom stereocenters. The summed E-state index contributed by atoms with van der Waals surface area (Å²) in [6.07, 6.45) is 4.77. The van der Waals surface area contributed by atoms with Gasteiger partial charge in [-0.25, -0.2) is 9.97 Å². The van der Waals surface area contributed by atoms with Crippen molar-refractivity contribution in [1.82, 2.24) is 25.1 Å². The van der Waals surface area contributed by atoms with Crippen molar-refractivity contribution < 1.29 is 9.53 Å². The van der Waals surface area contributed by atoms with Gasteiger partial charge in [0, 0.05) is 43.1 Å². The van der Waals surface area contributed by atoms with Crippen molar-refractivity contribution in [2.24, 2.45) is 0 Å². The maximum absolute atomic E-state index is 11.4. The van der Waals surface area contributed by atoms with E-state index < -0.39 is 0 Å². The number of ketones is 1. The van der Waals surface area contributed by atoms with Gasteiger partial charge in [-0.1, -0.05) is 0 Å². The zero-order valence-electron chi connectivity index (χ0n) is 15.0. The van der Waals surface area contributed by atoms with Gasteiger partial charge in [-0.2, -0.15) is 10.1 Å². The topological polar surface area (TPSA) is 109 Å². The van der Waals surface area contributed by atoms with E-state index in [1.807, 2.05) is 0 Å². The fourth-order valence-electron chi connectivity index (χ4n) is 2.95. The molecule has 2 N–H and O–H groups in total. The molecule has 0 radical (unpaired) electrons. The summed E-state index contributed by atoms with van der Waals surface area (Å²) in [6, 6.07) is 1.69. The number of hydrogen-bond acceptors (Lipinski definition) is 9. The van der Waals surface area contributed by atoms with Crippen molar-refractivity contribution >= 4 is 34.0 Å². The molecule has 0 aliphatic carbocycles. The van der Waals surface area contributed by atoms with E-state index in [4.69, 9.17) is 9.72 Å². The molecule has 9 nitrogen and oxygen atoms in total. The highest BCUT2D eigenvalue weighted by molar-refractivity contribution is 7.16. The fourth-order valence-corrected chi connectivity index (χ4v) is 3.91. The molecule has 4 rings (SSSR count). The van der Waals surface area contributed by atoms with Gasteiger partial charge in [0.2, 0.25) is 11.8 Å². The van der Waals surface area contributed by atoms with Crippen molar-refractivity contribution in [3.05, 3.63) is 23.3 Å². The second-order valence-corrected chi connectivity index (χ2v) is 7.24. The van der Waals surface area contributed by atoms with Gasteiger partial charge in [0.15, 0.2) is 5.13 Å². The van der Waals surface area contributed by atoms with Gasteiger partial charge in [0.25, 0.3) is 0 Å². The number of Topliss-reactive ketones (excluding diaryl/α,β-unsaturated/α-hetero) is 1. The van der Waals surface area contributed by atoms with Crippen LogP contribution in [0.2, 0.25) is 0 Å². The van der Waals surface area contributed by atoms with Crippen LogP contribution in [0.25, 0.3) is 11.3 Å². The summed E-state index contributed by atoms with van der Waals surface area (Å²) >= 11 is 1.57. The predicted molar refractivity (Wildman–Crippen MR) is 103 cm³/mol. The van der Waals surface area contributed by atoms with E-state index >= 15 is 0 Å². The third-order valence-electron chi connectivity index (χ3n) is 4.29. The molecule has 1 aliphatic heterocycles. The Bertz CT molecular complexity index is 968. The molecule has 27 heavy (non-hydrogen) atoms. The van der Waals surface area contributed by atoms with Crippen LogP contribution in [0.4, 0.5) is 16.9 Å². The smallest absolute Gasteiger partial charge is 0.232 e. The van der Waals surface area contributed by atoms with Crippen molar-refractivity contribution in [3.8, 4) is 17.1 Å². The van der Waals surface area contributed by atoms with Crippen LogP contribution in [0.3, 0.4) is 0 Å². The first-order valence-corrected chi connectivity index (χ1v) is 9.37. The number of ether oxygens (including phenoxy) is 1. The molecule has 0 saturated heterocycles. The Balaban J connectivity index is 1.60. The molecule has 3 aromatic heterocycles. The maximum atomic E-state index is 11.4. The van der Waals surface area contributed by atoms with Crippen LogP contribution in [0.1, 0.15) is 18.2 Å². The number of hydrogen-bond donors (Lipinski definition) is 2. The summed E-state index contributed by atoms with van der Waals surface area (Å²) in [5, 5.41) is 11.1. The van der Waals surface area contributed by atoms with Gasteiger partial charge in [-0.15, -0.1) is 11.3 Å². The summed E-state index contributed by atoms with van der Waals surface area (Å²) in [5.41, 5.74) is 1.85. The standard InChI is InChI=1S/C17H19N7O2S/c1-10(25)4-7-24-8-5-12-14(11-9-19-23-15(11)24)21-17(27-12)22-16-18-6-3-13(20-16)26-2/h3,6,9H,4-5,7-8H2,1-2H3,(H,19,23)(H,18,20,21,22). The Morgan fingerprint density at radius 1 is 1.44 bits per heavy atom. The Morgan fingerprint density at radius 2 is 2.33 bits per heavy atom. The highest BCUT2D eigenvalue weighted by Gasteiger charge is 2.25. The normalized spacial score (nSPS) is 12.9. The van der Waals surface area contributed by atoms with E-state index in [1.165, 1.54) is 0 Å². The summed E-state index contributed by atoms with van der Waals surface area (Å²) < 4.78 is 5.13. The zero-order valence-corrected chi connectivity index (χ0v) is 15.8. The minimum absolute atomic E-state index is 0.179. The predicted octanol–water partition coefficient (Wildman–Crippen LogP) is 2.42. The highest BCUT2D eigenvalue weighted by atomic mass is 32.1. The van der Waals surface area contributed by atoms with Gasteiger partial charge in [-0.3, -0.25) is 15.2 Å². The number of anilines is 3. The molecule has 140 valence electrons. The van der Waals surface area contributed by atoms with Crippen molar-refractivity contribution in [2.75, 3.05) is 30.4 Å². The van der Waals surface area contributed by atoms with Gasteiger partial charge < -0.3 is 9.64 Å². The monoisotopic (exact) mass is 385 g/mol. The number of aromatic nitrogens is 5. The summed E-state index contributed by atoms with van der Waals surface area (Å²) in [5.74, 6) is 2.01. The van der Waals surface area contributed by atoms with Gasteiger partial charge in [0.05, 0.1) is 24.6 Å². The number of fused-ring (bicyclic) bond motifs is 3. The molecule has 0 bridgehead atoms. The second-order valence-electron chi connectivity index (χ2n) is 6.16. The average molecular weight is 385 g/mol. The molecule has 0 saturated carbocycles. The number of aromatic amines is 1. The number of methoxy groups -OCH3 is 1. The van der Waals surface area contributed by atoms with E-state index in [0.29, 0.717) is 24.8 Å². The molecular formula is C17H19N7O2S.